The van der Waals surface area contributed by atoms with Crippen LogP contribution in [0.25, 0.3) is 22.6 Å². The maximum absolute atomic E-state index is 13.5. The minimum Gasteiger partial charge on any atom is -0.446 e. The molecule has 4 aromatic rings. The number of rotatable bonds is 7. The summed E-state index contributed by atoms with van der Waals surface area (Å²) in [5, 5.41) is 13.1. The van der Waals surface area contributed by atoms with E-state index in [9.17, 15) is 26.7 Å². The highest BCUT2D eigenvalue weighted by molar-refractivity contribution is 5.83. The van der Waals surface area contributed by atoms with E-state index in [1.807, 2.05) is 0 Å². The van der Waals surface area contributed by atoms with Crippen LogP contribution in [0.1, 0.15) is 37.8 Å². The van der Waals surface area contributed by atoms with Gasteiger partial charge >= 0.3 is 18.8 Å². The van der Waals surface area contributed by atoms with Crippen LogP contribution in [0.3, 0.4) is 0 Å². The van der Waals surface area contributed by atoms with Crippen LogP contribution in [0.5, 0.6) is 0 Å². The Morgan fingerprint density at radius 3 is 2.44 bits per heavy atom. The van der Waals surface area contributed by atoms with Crippen molar-refractivity contribution in [2.45, 2.75) is 50.6 Å². The molecule has 0 aliphatic heterocycles. The molecule has 1 saturated carbocycles. The average Bonchev–Trinajstić information content (AvgIpc) is 3.59. The summed E-state index contributed by atoms with van der Waals surface area (Å²) >= 11 is 0. The van der Waals surface area contributed by atoms with E-state index in [-0.39, 0.29) is 28.2 Å². The van der Waals surface area contributed by atoms with Gasteiger partial charge < -0.3 is 10.1 Å². The minimum atomic E-state index is -4.81. The number of ether oxygens (including phenoxy) is 1. The molecule has 12 nitrogen and oxygen atoms in total. The highest BCUT2D eigenvalue weighted by atomic mass is 19.4. The lowest BCUT2D eigenvalue weighted by atomic mass is 9.93. The van der Waals surface area contributed by atoms with Gasteiger partial charge in [-0.15, -0.1) is 0 Å². The van der Waals surface area contributed by atoms with E-state index in [4.69, 9.17) is 4.74 Å². The van der Waals surface area contributed by atoms with Crippen LogP contribution in [0.15, 0.2) is 43.2 Å². The maximum atomic E-state index is 13.5. The third kappa shape index (κ3) is 6.72. The molecule has 0 atom stereocenters. The summed E-state index contributed by atoms with van der Waals surface area (Å²) in [6, 6.07) is 0.814. The molecule has 4 aromatic heterocycles. The van der Waals surface area contributed by atoms with Gasteiger partial charge in [-0.3, -0.25) is 15.0 Å². The van der Waals surface area contributed by atoms with Crippen LogP contribution < -0.4 is 10.6 Å². The van der Waals surface area contributed by atoms with Crippen molar-refractivity contribution in [1.82, 2.24) is 39.5 Å². The fourth-order valence-electron chi connectivity index (χ4n) is 4.32. The van der Waals surface area contributed by atoms with Gasteiger partial charge in [0.15, 0.2) is 5.82 Å². The van der Waals surface area contributed by atoms with Crippen LogP contribution in [-0.2, 0) is 18.0 Å². The van der Waals surface area contributed by atoms with E-state index in [1.54, 1.807) is 24.1 Å². The molecular weight excluding hydrogens is 555 g/mol. The van der Waals surface area contributed by atoms with E-state index < -0.39 is 36.2 Å². The van der Waals surface area contributed by atoms with E-state index in [0.29, 0.717) is 37.6 Å². The van der Waals surface area contributed by atoms with E-state index in [1.165, 1.54) is 12.4 Å². The van der Waals surface area contributed by atoms with Gasteiger partial charge in [0.05, 0.1) is 24.3 Å². The summed E-state index contributed by atoms with van der Waals surface area (Å²) in [5.41, 5.74) is -0.793. The standard InChI is InChI=1S/C24H23F5N10O2/c1-38-12-13(8-33-38)18-10-31-19(11-30-18)35-23(40)41-15-4-2-14(3-5-15)34-22-32-9-16(24(27,28)29)20(36-22)17-6-7-39(37-17)21(25)26/h6-12,14-15,21H,2-5H2,1H3,(H,31,35,40)(H,32,34,36). The Morgan fingerprint density at radius 2 is 1.83 bits per heavy atom. The summed E-state index contributed by atoms with van der Waals surface area (Å²) in [4.78, 5) is 28.5. The van der Waals surface area contributed by atoms with Gasteiger partial charge in [0, 0.05) is 37.2 Å². The van der Waals surface area contributed by atoms with Crippen LogP contribution in [0.4, 0.5) is 38.5 Å². The topological polar surface area (TPSA) is 138 Å². The number of nitrogens with one attached hydrogen (secondary N) is 2. The number of hydrogen-bond acceptors (Lipinski definition) is 9. The average molecular weight is 579 g/mol. The zero-order valence-corrected chi connectivity index (χ0v) is 21.4. The lowest BCUT2D eigenvalue weighted by molar-refractivity contribution is -0.137. The molecule has 2 N–H and O–H groups in total. The van der Waals surface area contributed by atoms with E-state index in [0.717, 1.165) is 17.8 Å². The number of amides is 1. The molecule has 5 rings (SSSR count). The third-order valence-corrected chi connectivity index (χ3v) is 6.31. The molecule has 0 aromatic carbocycles. The first-order chi connectivity index (χ1) is 19.5. The highest BCUT2D eigenvalue weighted by Gasteiger charge is 2.36. The van der Waals surface area contributed by atoms with Crippen LogP contribution in [0, 0.1) is 0 Å². The predicted molar refractivity (Wildman–Crippen MR) is 134 cm³/mol. The lowest BCUT2D eigenvalue weighted by Gasteiger charge is -2.29. The van der Waals surface area contributed by atoms with Crippen molar-refractivity contribution in [2.24, 2.45) is 7.05 Å². The molecule has 4 heterocycles. The Hall–Kier alpha value is -4.70. The fourth-order valence-corrected chi connectivity index (χ4v) is 4.32. The zero-order chi connectivity index (χ0) is 29.1. The van der Waals surface area contributed by atoms with Crippen LogP contribution >= 0.6 is 0 Å². The Bertz CT molecular complexity index is 1500. The summed E-state index contributed by atoms with van der Waals surface area (Å²) in [7, 11) is 1.78. The number of carbonyl (C=O) groups excluding carboxylic acids is 1. The second-order valence-corrected chi connectivity index (χ2v) is 9.25. The van der Waals surface area contributed by atoms with Crippen molar-refractivity contribution in [3.63, 3.8) is 0 Å². The van der Waals surface area contributed by atoms with Gasteiger partial charge in [-0.2, -0.15) is 32.1 Å². The quantitative estimate of drug-likeness (QED) is 0.293. The molecule has 1 fully saturated rings. The predicted octanol–water partition coefficient (Wildman–Crippen LogP) is 4.92. The number of hydrogen-bond donors (Lipinski definition) is 2. The SMILES string of the molecule is Cn1cc(-c2cnc(NC(=O)OC3CCC(Nc4ncc(C(F)(F)F)c(-c5ccn(C(F)F)n5)n4)CC3)cn2)cn1. The monoisotopic (exact) mass is 578 g/mol. The van der Waals surface area contributed by atoms with Gasteiger partial charge in [0.1, 0.15) is 23.1 Å². The molecule has 1 aliphatic carbocycles. The number of aromatic nitrogens is 8. The maximum Gasteiger partial charge on any atom is 0.420 e. The van der Waals surface area contributed by atoms with Crippen molar-refractivity contribution in [1.29, 1.82) is 0 Å². The number of nitrogens with zero attached hydrogens (tertiary/aromatic N) is 8. The van der Waals surface area contributed by atoms with E-state index in [2.05, 4.69) is 40.8 Å². The smallest absolute Gasteiger partial charge is 0.420 e. The molecule has 216 valence electrons. The molecular formula is C24H23F5N10O2. The first-order valence-corrected chi connectivity index (χ1v) is 12.4. The number of aryl methyl sites for hydroxylation is 1. The second-order valence-electron chi connectivity index (χ2n) is 9.25. The van der Waals surface area contributed by atoms with Gasteiger partial charge in [0.2, 0.25) is 5.95 Å². The van der Waals surface area contributed by atoms with Crippen LogP contribution in [0.2, 0.25) is 0 Å². The Kier molecular flexibility index (Phi) is 7.76. The number of alkyl halides is 5. The van der Waals surface area contributed by atoms with Gasteiger partial charge in [-0.25, -0.2) is 24.4 Å². The molecule has 0 spiro atoms. The zero-order valence-electron chi connectivity index (χ0n) is 21.4. The summed E-state index contributed by atoms with van der Waals surface area (Å²) < 4.78 is 73.7. The minimum absolute atomic E-state index is 0.102. The highest BCUT2D eigenvalue weighted by Crippen LogP contribution is 2.36. The Morgan fingerprint density at radius 1 is 1.05 bits per heavy atom. The summed E-state index contributed by atoms with van der Waals surface area (Å²) in [6.07, 6.45) is 3.87. The van der Waals surface area contributed by atoms with Gasteiger partial charge in [0.25, 0.3) is 0 Å². The Balaban J connectivity index is 1.15. The lowest BCUT2D eigenvalue weighted by Crippen LogP contribution is -2.32. The summed E-state index contributed by atoms with van der Waals surface area (Å²) in [6.45, 7) is -3.01. The molecule has 1 amide bonds. The Labute approximate surface area is 229 Å². The summed E-state index contributed by atoms with van der Waals surface area (Å²) in [5.74, 6) is 0.113. The van der Waals surface area contributed by atoms with Crippen molar-refractivity contribution in [2.75, 3.05) is 10.6 Å². The van der Waals surface area contributed by atoms with Crippen molar-refractivity contribution >= 4 is 17.9 Å². The molecule has 0 radical (unpaired) electrons. The molecule has 1 aliphatic rings. The van der Waals surface area contributed by atoms with Crippen molar-refractivity contribution in [3.05, 3.63) is 48.8 Å². The molecule has 17 heteroatoms. The van der Waals surface area contributed by atoms with E-state index >= 15 is 0 Å². The number of anilines is 2. The number of carbonyl (C=O) groups is 1. The first-order valence-electron chi connectivity index (χ1n) is 12.4. The molecule has 41 heavy (non-hydrogen) atoms. The fraction of sp³-hybridized carbons (Fsp3) is 0.375. The largest absolute Gasteiger partial charge is 0.446 e. The first kappa shape index (κ1) is 27.9. The number of halogens is 5. The van der Waals surface area contributed by atoms with Crippen molar-refractivity contribution < 1.29 is 31.5 Å². The second kappa shape index (κ2) is 11.4. The molecule has 0 unspecified atom stereocenters. The normalized spacial score (nSPS) is 17.4. The molecule has 0 saturated heterocycles. The van der Waals surface area contributed by atoms with Gasteiger partial charge in [-0.1, -0.05) is 0 Å². The van der Waals surface area contributed by atoms with Crippen molar-refractivity contribution in [3.8, 4) is 22.6 Å². The molecule has 0 bridgehead atoms. The third-order valence-electron chi connectivity index (χ3n) is 6.31. The van der Waals surface area contributed by atoms with Gasteiger partial charge in [-0.05, 0) is 31.7 Å². The van der Waals surface area contributed by atoms with Crippen LogP contribution in [-0.4, -0.2) is 57.7 Å².